The number of hydrogen-bond acceptors (Lipinski definition) is 3. The molecule has 0 radical (unpaired) electrons. The number of halogens is 1. The van der Waals surface area contributed by atoms with E-state index in [1.807, 2.05) is 0 Å². The lowest BCUT2D eigenvalue weighted by Gasteiger charge is -2.37. The largest absolute Gasteiger partial charge is 0.333 e. The molecule has 5 heteroatoms. The first kappa shape index (κ1) is 11.1. The minimum atomic E-state index is 0.0949. The predicted octanol–water partition coefficient (Wildman–Crippen LogP) is 2.01. The fraction of sp³-hybridized carbons (Fsp3) is 0.583. The monoisotopic (exact) mass is 295 g/mol. The highest BCUT2D eigenvalue weighted by molar-refractivity contribution is 9.09. The quantitative estimate of drug-likeness (QED) is 0.745. The van der Waals surface area contributed by atoms with E-state index in [4.69, 9.17) is 0 Å². The summed E-state index contributed by atoms with van der Waals surface area (Å²) in [5.74, 6) is 0.0949. The van der Waals surface area contributed by atoms with Crippen molar-refractivity contribution in [2.24, 2.45) is 0 Å². The molecule has 1 amide bonds. The maximum atomic E-state index is 12.4. The van der Waals surface area contributed by atoms with Crippen molar-refractivity contribution >= 4 is 21.8 Å². The van der Waals surface area contributed by atoms with Crippen LogP contribution in [0, 0.1) is 0 Å². The highest BCUT2D eigenvalue weighted by Gasteiger charge is 2.42. The lowest BCUT2D eigenvalue weighted by Crippen LogP contribution is -2.46. The summed E-state index contributed by atoms with van der Waals surface area (Å²) in [6.07, 6.45) is 9.06. The van der Waals surface area contributed by atoms with Crippen molar-refractivity contribution in [2.45, 2.75) is 42.6 Å². The molecule has 0 spiro atoms. The van der Waals surface area contributed by atoms with E-state index in [0.29, 0.717) is 22.5 Å². The van der Waals surface area contributed by atoms with Crippen molar-refractivity contribution < 1.29 is 4.79 Å². The fourth-order valence-corrected chi connectivity index (χ4v) is 3.86. The van der Waals surface area contributed by atoms with Gasteiger partial charge in [-0.3, -0.25) is 4.79 Å². The second kappa shape index (κ2) is 4.37. The van der Waals surface area contributed by atoms with Crippen molar-refractivity contribution in [1.29, 1.82) is 0 Å². The summed E-state index contributed by atoms with van der Waals surface area (Å²) in [6.45, 7) is 0. The molecule has 17 heavy (non-hydrogen) atoms. The van der Waals surface area contributed by atoms with Gasteiger partial charge in [-0.2, -0.15) is 0 Å². The number of alkyl halides is 1. The average Bonchev–Trinajstić information content (AvgIpc) is 2.62. The number of amides is 1. The van der Waals surface area contributed by atoms with Gasteiger partial charge in [0.15, 0.2) is 0 Å². The van der Waals surface area contributed by atoms with Crippen molar-refractivity contribution in [3.63, 3.8) is 0 Å². The van der Waals surface area contributed by atoms with Crippen LogP contribution in [-0.2, 0) is 0 Å². The second-order valence-corrected chi connectivity index (χ2v) is 6.09. The topological polar surface area (TPSA) is 46.1 Å². The number of carbonyl (C=O) groups excluding carboxylic acids is 1. The van der Waals surface area contributed by atoms with E-state index in [1.54, 1.807) is 12.4 Å². The van der Waals surface area contributed by atoms with Gasteiger partial charge in [-0.25, -0.2) is 9.97 Å². The number of rotatable bonds is 1. The molecule has 2 fully saturated rings. The molecular weight excluding hydrogens is 282 g/mol. The number of nitrogens with zero attached hydrogens (tertiary/aromatic N) is 3. The van der Waals surface area contributed by atoms with Crippen molar-refractivity contribution in [2.75, 3.05) is 0 Å². The zero-order chi connectivity index (χ0) is 11.8. The molecule has 2 atom stereocenters. The lowest BCUT2D eigenvalue weighted by atomic mass is 10.0. The van der Waals surface area contributed by atoms with Crippen LogP contribution in [0.15, 0.2) is 18.7 Å². The first-order chi connectivity index (χ1) is 8.25. The number of hydrogen-bond donors (Lipinski definition) is 0. The van der Waals surface area contributed by atoms with Gasteiger partial charge in [0.05, 0.1) is 5.56 Å². The van der Waals surface area contributed by atoms with Gasteiger partial charge in [0.25, 0.3) is 5.91 Å². The Labute approximate surface area is 109 Å². The molecule has 0 aliphatic carbocycles. The Hall–Kier alpha value is -0.970. The van der Waals surface area contributed by atoms with Gasteiger partial charge in [-0.1, -0.05) is 15.9 Å². The SMILES string of the molecule is O=C(c1cncnc1)N1C2CCC1CC(Br)C2. The summed E-state index contributed by atoms with van der Waals surface area (Å²) < 4.78 is 0. The van der Waals surface area contributed by atoms with Crippen LogP contribution in [-0.4, -0.2) is 37.7 Å². The summed E-state index contributed by atoms with van der Waals surface area (Å²) in [7, 11) is 0. The summed E-state index contributed by atoms with van der Waals surface area (Å²) in [6, 6.07) is 0.789. The van der Waals surface area contributed by atoms with E-state index >= 15 is 0 Å². The van der Waals surface area contributed by atoms with Gasteiger partial charge in [0.1, 0.15) is 6.33 Å². The molecule has 2 saturated heterocycles. The first-order valence-corrected chi connectivity index (χ1v) is 6.89. The van der Waals surface area contributed by atoms with Crippen LogP contribution in [0.25, 0.3) is 0 Å². The molecule has 2 unspecified atom stereocenters. The molecule has 90 valence electrons. The highest BCUT2D eigenvalue weighted by atomic mass is 79.9. The van der Waals surface area contributed by atoms with Gasteiger partial charge >= 0.3 is 0 Å². The third-order valence-electron chi connectivity index (χ3n) is 3.72. The Bertz CT molecular complexity index is 411. The molecule has 3 heterocycles. The van der Waals surface area contributed by atoms with E-state index in [0.717, 1.165) is 25.7 Å². The predicted molar refractivity (Wildman–Crippen MR) is 67.0 cm³/mol. The third-order valence-corrected chi connectivity index (χ3v) is 4.47. The highest BCUT2D eigenvalue weighted by Crippen LogP contribution is 2.39. The molecule has 1 aromatic rings. The van der Waals surface area contributed by atoms with Gasteiger partial charge in [0.2, 0.25) is 0 Å². The molecule has 4 nitrogen and oxygen atoms in total. The zero-order valence-corrected chi connectivity index (χ0v) is 11.0. The van der Waals surface area contributed by atoms with Gasteiger partial charge in [-0.15, -0.1) is 0 Å². The Morgan fingerprint density at radius 2 is 1.82 bits per heavy atom. The first-order valence-electron chi connectivity index (χ1n) is 5.97. The molecule has 2 bridgehead atoms. The van der Waals surface area contributed by atoms with E-state index in [9.17, 15) is 4.79 Å². The molecule has 3 rings (SSSR count). The van der Waals surface area contributed by atoms with Crippen LogP contribution in [0.1, 0.15) is 36.0 Å². The van der Waals surface area contributed by atoms with E-state index in [2.05, 4.69) is 30.8 Å². The minimum Gasteiger partial charge on any atom is -0.333 e. The number of fused-ring (bicyclic) bond motifs is 2. The summed E-state index contributed by atoms with van der Waals surface area (Å²) in [5, 5.41) is 0. The van der Waals surface area contributed by atoms with Crippen LogP contribution < -0.4 is 0 Å². The van der Waals surface area contributed by atoms with Crippen LogP contribution in [0.2, 0.25) is 0 Å². The van der Waals surface area contributed by atoms with Gasteiger partial charge in [0, 0.05) is 29.3 Å². The summed E-state index contributed by atoms with van der Waals surface area (Å²) in [5.41, 5.74) is 0.609. The van der Waals surface area contributed by atoms with Crippen molar-refractivity contribution in [1.82, 2.24) is 14.9 Å². The Kier molecular flexibility index (Phi) is 2.86. The zero-order valence-electron chi connectivity index (χ0n) is 9.42. The molecule has 0 aromatic carbocycles. The standard InChI is InChI=1S/C12H14BrN3O/c13-9-3-10-1-2-11(4-9)16(10)12(17)8-5-14-7-15-6-8/h5-7,9-11H,1-4H2. The van der Waals surface area contributed by atoms with Crippen LogP contribution in [0.5, 0.6) is 0 Å². The van der Waals surface area contributed by atoms with Crippen LogP contribution >= 0.6 is 15.9 Å². The van der Waals surface area contributed by atoms with Crippen molar-refractivity contribution in [3.8, 4) is 0 Å². The van der Waals surface area contributed by atoms with Crippen molar-refractivity contribution in [3.05, 3.63) is 24.3 Å². The third kappa shape index (κ3) is 1.97. The van der Waals surface area contributed by atoms with Gasteiger partial charge in [-0.05, 0) is 25.7 Å². The summed E-state index contributed by atoms with van der Waals surface area (Å²) in [4.78, 5) is 22.9. The fourth-order valence-electron chi connectivity index (χ4n) is 3.00. The van der Waals surface area contributed by atoms with Crippen LogP contribution in [0.4, 0.5) is 0 Å². The maximum Gasteiger partial charge on any atom is 0.257 e. The summed E-state index contributed by atoms with van der Waals surface area (Å²) >= 11 is 3.68. The molecule has 1 aromatic heterocycles. The molecular formula is C12H14BrN3O. The normalized spacial score (nSPS) is 31.6. The van der Waals surface area contributed by atoms with E-state index < -0.39 is 0 Å². The van der Waals surface area contributed by atoms with Crippen LogP contribution in [0.3, 0.4) is 0 Å². The average molecular weight is 296 g/mol. The minimum absolute atomic E-state index is 0.0949. The Morgan fingerprint density at radius 3 is 2.41 bits per heavy atom. The van der Waals surface area contributed by atoms with E-state index in [1.165, 1.54) is 6.33 Å². The van der Waals surface area contributed by atoms with Gasteiger partial charge < -0.3 is 4.90 Å². The lowest BCUT2D eigenvalue weighted by molar-refractivity contribution is 0.0602. The smallest absolute Gasteiger partial charge is 0.257 e. The van der Waals surface area contributed by atoms with E-state index in [-0.39, 0.29) is 5.91 Å². The molecule has 0 N–H and O–H groups in total. The maximum absolute atomic E-state index is 12.4. The molecule has 0 saturated carbocycles. The molecule has 2 aliphatic rings. The number of piperidine rings is 1. The molecule has 2 aliphatic heterocycles. The Balaban J connectivity index is 1.84. The second-order valence-electron chi connectivity index (χ2n) is 4.79. The Morgan fingerprint density at radius 1 is 1.24 bits per heavy atom. The number of aromatic nitrogens is 2. The number of carbonyl (C=O) groups is 1.